The summed E-state index contributed by atoms with van der Waals surface area (Å²) in [6.07, 6.45) is 0. The number of nitro groups is 1. The molecular weight excluding hydrogens is 416 g/mol. The van der Waals surface area contributed by atoms with Crippen LogP contribution in [0, 0.1) is 10.1 Å². The summed E-state index contributed by atoms with van der Waals surface area (Å²) in [4.78, 5) is 39.9. The van der Waals surface area contributed by atoms with E-state index in [4.69, 9.17) is 0 Å². The fourth-order valence-electron chi connectivity index (χ4n) is 3.43. The van der Waals surface area contributed by atoms with Crippen LogP contribution in [0.1, 0.15) is 20.0 Å². The molecule has 1 aliphatic heterocycles. The third-order valence-corrected chi connectivity index (χ3v) is 6.00. The molecule has 2 aromatic carbocycles. The number of nitro benzene ring substituents is 1. The number of hydrogen-bond donors (Lipinski definition) is 1. The maximum Gasteiger partial charge on any atom is 0.269 e. The van der Waals surface area contributed by atoms with E-state index in [9.17, 15) is 19.7 Å². The van der Waals surface area contributed by atoms with E-state index >= 15 is 0 Å². The van der Waals surface area contributed by atoms with E-state index in [1.807, 2.05) is 11.4 Å². The second kappa shape index (κ2) is 8.97. The van der Waals surface area contributed by atoms with Gasteiger partial charge in [-0.15, -0.1) is 11.3 Å². The monoisotopic (exact) mass is 436 g/mol. The summed E-state index contributed by atoms with van der Waals surface area (Å²) in [5, 5.41) is 15.5. The smallest absolute Gasteiger partial charge is 0.269 e. The number of piperazine rings is 1. The first-order valence-electron chi connectivity index (χ1n) is 9.75. The first-order chi connectivity index (χ1) is 15.0. The van der Waals surface area contributed by atoms with Crippen molar-refractivity contribution in [3.05, 3.63) is 86.6 Å². The lowest BCUT2D eigenvalue weighted by atomic mass is 10.1. The highest BCUT2D eigenvalue weighted by Gasteiger charge is 2.22. The zero-order valence-electron chi connectivity index (χ0n) is 16.6. The largest absolute Gasteiger partial charge is 0.368 e. The number of thiophene rings is 1. The highest BCUT2D eigenvalue weighted by Crippen LogP contribution is 2.21. The Balaban J connectivity index is 1.33. The predicted molar refractivity (Wildman–Crippen MR) is 120 cm³/mol. The molecular formula is C22H20N4O4S. The molecule has 1 aliphatic rings. The molecule has 2 amide bonds. The second-order valence-electron chi connectivity index (χ2n) is 7.06. The van der Waals surface area contributed by atoms with Crippen molar-refractivity contribution in [3.8, 4) is 0 Å². The van der Waals surface area contributed by atoms with Gasteiger partial charge in [-0.3, -0.25) is 19.7 Å². The lowest BCUT2D eigenvalue weighted by Gasteiger charge is -2.36. The Morgan fingerprint density at radius 3 is 2.19 bits per heavy atom. The zero-order valence-corrected chi connectivity index (χ0v) is 17.4. The van der Waals surface area contributed by atoms with Gasteiger partial charge in [0.25, 0.3) is 17.5 Å². The van der Waals surface area contributed by atoms with Crippen LogP contribution in [0.2, 0.25) is 0 Å². The van der Waals surface area contributed by atoms with E-state index in [1.54, 1.807) is 47.4 Å². The molecule has 0 saturated carbocycles. The quantitative estimate of drug-likeness (QED) is 0.484. The van der Waals surface area contributed by atoms with E-state index in [0.29, 0.717) is 42.3 Å². The first-order valence-corrected chi connectivity index (χ1v) is 10.6. The number of benzene rings is 2. The van der Waals surface area contributed by atoms with Crippen LogP contribution >= 0.6 is 11.3 Å². The molecule has 1 fully saturated rings. The summed E-state index contributed by atoms with van der Waals surface area (Å²) in [6.45, 7) is 2.43. The minimum Gasteiger partial charge on any atom is -0.368 e. The second-order valence-corrected chi connectivity index (χ2v) is 8.01. The Hall–Kier alpha value is -3.72. The van der Waals surface area contributed by atoms with Crippen molar-refractivity contribution in [2.75, 3.05) is 36.4 Å². The van der Waals surface area contributed by atoms with Gasteiger partial charge in [0, 0.05) is 55.2 Å². The van der Waals surface area contributed by atoms with Gasteiger partial charge in [0.1, 0.15) is 0 Å². The number of nitrogens with one attached hydrogen (secondary N) is 1. The number of anilines is 2. The highest BCUT2D eigenvalue weighted by atomic mass is 32.1. The van der Waals surface area contributed by atoms with Gasteiger partial charge < -0.3 is 15.1 Å². The maximum absolute atomic E-state index is 12.8. The maximum atomic E-state index is 12.8. The Morgan fingerprint density at radius 2 is 1.61 bits per heavy atom. The van der Waals surface area contributed by atoms with Crippen molar-refractivity contribution >= 4 is 40.2 Å². The molecule has 0 radical (unpaired) electrons. The van der Waals surface area contributed by atoms with Crippen LogP contribution < -0.4 is 10.2 Å². The van der Waals surface area contributed by atoms with E-state index in [-0.39, 0.29) is 17.5 Å². The summed E-state index contributed by atoms with van der Waals surface area (Å²) in [5.74, 6) is -0.226. The molecule has 0 atom stereocenters. The number of non-ortho nitro benzene ring substituents is 1. The number of amides is 2. The van der Waals surface area contributed by atoms with Gasteiger partial charge in [-0.1, -0.05) is 6.07 Å². The molecule has 1 saturated heterocycles. The molecule has 8 nitrogen and oxygen atoms in total. The first kappa shape index (κ1) is 20.5. The molecule has 4 rings (SSSR count). The number of nitrogens with zero attached hydrogens (tertiary/aromatic N) is 3. The van der Waals surface area contributed by atoms with Crippen molar-refractivity contribution < 1.29 is 14.5 Å². The van der Waals surface area contributed by atoms with Crippen molar-refractivity contribution in [1.82, 2.24) is 4.90 Å². The summed E-state index contributed by atoms with van der Waals surface area (Å²) in [7, 11) is 0. The van der Waals surface area contributed by atoms with Gasteiger partial charge in [-0.25, -0.2) is 0 Å². The van der Waals surface area contributed by atoms with Crippen molar-refractivity contribution in [2.45, 2.75) is 0 Å². The summed E-state index contributed by atoms with van der Waals surface area (Å²) < 4.78 is 0. The molecule has 0 unspecified atom stereocenters. The fraction of sp³-hybridized carbons (Fsp3) is 0.182. The van der Waals surface area contributed by atoms with Gasteiger partial charge >= 0.3 is 0 Å². The highest BCUT2D eigenvalue weighted by molar-refractivity contribution is 7.12. The van der Waals surface area contributed by atoms with Crippen LogP contribution in [0.5, 0.6) is 0 Å². The Morgan fingerprint density at radius 1 is 0.935 bits per heavy atom. The number of carbonyl (C=O) groups is 2. The Kier molecular flexibility index (Phi) is 5.94. The van der Waals surface area contributed by atoms with E-state index in [0.717, 1.165) is 5.69 Å². The van der Waals surface area contributed by atoms with Gasteiger partial charge in [0.15, 0.2) is 0 Å². The average Bonchev–Trinajstić information content (AvgIpc) is 3.35. The molecule has 1 N–H and O–H groups in total. The number of carbonyl (C=O) groups excluding carboxylic acids is 2. The van der Waals surface area contributed by atoms with Gasteiger partial charge in [0.2, 0.25) is 0 Å². The minimum atomic E-state index is -0.417. The van der Waals surface area contributed by atoms with E-state index < -0.39 is 4.92 Å². The molecule has 2 heterocycles. The molecule has 3 aromatic rings. The number of hydrogen-bond acceptors (Lipinski definition) is 6. The normalized spacial score (nSPS) is 13.7. The van der Waals surface area contributed by atoms with Gasteiger partial charge in [0.05, 0.1) is 9.80 Å². The zero-order chi connectivity index (χ0) is 21.8. The molecule has 0 bridgehead atoms. The van der Waals surface area contributed by atoms with Crippen molar-refractivity contribution in [2.24, 2.45) is 0 Å². The third-order valence-electron chi connectivity index (χ3n) is 5.13. The predicted octanol–water partition coefficient (Wildman–Crippen LogP) is 3.87. The standard InChI is InChI=1S/C22H20N4O4S/c27-21(20-2-1-15-31-20)23-17-5-3-16(4-6-17)22(28)25-13-11-24(12-14-25)18-7-9-19(10-8-18)26(29)30/h1-10,15H,11-14H2,(H,23,27). The van der Waals surface area contributed by atoms with Gasteiger partial charge in [-0.05, 0) is 47.8 Å². The lowest BCUT2D eigenvalue weighted by molar-refractivity contribution is -0.384. The average molecular weight is 436 g/mol. The van der Waals surface area contributed by atoms with Crippen molar-refractivity contribution in [3.63, 3.8) is 0 Å². The Bertz CT molecular complexity index is 1070. The third kappa shape index (κ3) is 4.72. The SMILES string of the molecule is O=C(Nc1ccc(C(=O)N2CCN(c3ccc([N+](=O)[O-])cc3)CC2)cc1)c1cccs1. The molecule has 9 heteroatoms. The Labute approximate surface area is 182 Å². The fourth-order valence-corrected chi connectivity index (χ4v) is 4.05. The van der Waals surface area contributed by atoms with Crippen LogP contribution in [-0.4, -0.2) is 47.8 Å². The summed E-state index contributed by atoms with van der Waals surface area (Å²) >= 11 is 1.37. The molecule has 0 spiro atoms. The van der Waals surface area contributed by atoms with E-state index in [2.05, 4.69) is 10.2 Å². The van der Waals surface area contributed by atoms with Crippen LogP contribution in [0.3, 0.4) is 0 Å². The van der Waals surface area contributed by atoms with E-state index in [1.165, 1.54) is 23.5 Å². The molecule has 31 heavy (non-hydrogen) atoms. The van der Waals surface area contributed by atoms with Gasteiger partial charge in [-0.2, -0.15) is 0 Å². The minimum absolute atomic E-state index is 0.0560. The van der Waals surface area contributed by atoms with Crippen LogP contribution in [-0.2, 0) is 0 Å². The van der Waals surface area contributed by atoms with Crippen molar-refractivity contribution in [1.29, 1.82) is 0 Å². The van der Waals surface area contributed by atoms with Crippen LogP contribution in [0.25, 0.3) is 0 Å². The number of rotatable bonds is 5. The lowest BCUT2D eigenvalue weighted by Crippen LogP contribution is -2.48. The summed E-state index contributed by atoms with van der Waals surface area (Å²) in [5.41, 5.74) is 2.17. The van der Waals surface area contributed by atoms with Crippen LogP contribution in [0.4, 0.5) is 17.1 Å². The molecule has 1 aromatic heterocycles. The molecule has 158 valence electrons. The molecule has 0 aliphatic carbocycles. The topological polar surface area (TPSA) is 95.8 Å². The van der Waals surface area contributed by atoms with Crippen LogP contribution in [0.15, 0.2) is 66.0 Å². The summed E-state index contributed by atoms with van der Waals surface area (Å²) in [6, 6.07) is 16.9.